The number of ether oxygens (including phenoxy) is 1. The number of carbonyl (C=O) groups is 1. The van der Waals surface area contributed by atoms with Crippen LogP contribution >= 0.6 is 0 Å². The van der Waals surface area contributed by atoms with Crippen LogP contribution in [0.1, 0.15) is 25.5 Å². The highest BCUT2D eigenvalue weighted by atomic mass is 16.5. The van der Waals surface area contributed by atoms with Crippen molar-refractivity contribution >= 4 is 5.91 Å². The first-order chi connectivity index (χ1) is 9.06. The third-order valence-electron chi connectivity index (χ3n) is 3.53. The van der Waals surface area contributed by atoms with Gasteiger partial charge in [0.1, 0.15) is 6.61 Å². The highest BCUT2D eigenvalue weighted by Gasteiger charge is 2.48. The van der Waals surface area contributed by atoms with Crippen LogP contribution in [0.3, 0.4) is 0 Å². The average molecular weight is 259 g/mol. The minimum atomic E-state index is 0.0510. The molecule has 0 spiro atoms. The molecule has 0 N–H and O–H groups in total. The third-order valence-corrected chi connectivity index (χ3v) is 3.53. The Balaban J connectivity index is 2.06. The molecule has 0 radical (unpaired) electrons. The topological polar surface area (TPSA) is 29.5 Å². The van der Waals surface area contributed by atoms with E-state index in [1.807, 2.05) is 23.1 Å². The summed E-state index contributed by atoms with van der Waals surface area (Å²) in [5.41, 5.74) is 1.31. The van der Waals surface area contributed by atoms with Crippen molar-refractivity contribution in [2.75, 3.05) is 19.8 Å². The van der Waals surface area contributed by atoms with Gasteiger partial charge >= 0.3 is 0 Å². The van der Waals surface area contributed by atoms with Crippen LogP contribution in [-0.2, 0) is 9.53 Å². The maximum Gasteiger partial charge on any atom is 0.249 e. The van der Waals surface area contributed by atoms with Crippen molar-refractivity contribution in [3.8, 4) is 0 Å². The Morgan fingerprint density at radius 2 is 2.16 bits per heavy atom. The number of carbonyl (C=O) groups excluding carboxylic acids is 1. The molecule has 3 heteroatoms. The van der Waals surface area contributed by atoms with Gasteiger partial charge in [-0.05, 0) is 5.56 Å². The Kier molecular flexibility index (Phi) is 4.05. The molecule has 102 valence electrons. The van der Waals surface area contributed by atoms with E-state index in [4.69, 9.17) is 4.74 Å². The minimum absolute atomic E-state index is 0.0510. The van der Waals surface area contributed by atoms with Crippen LogP contribution in [-0.4, -0.2) is 30.6 Å². The van der Waals surface area contributed by atoms with E-state index < -0.39 is 0 Å². The Morgan fingerprint density at radius 1 is 1.47 bits per heavy atom. The maximum absolute atomic E-state index is 12.1. The molecule has 0 aliphatic carbocycles. The van der Waals surface area contributed by atoms with Crippen LogP contribution in [0.15, 0.2) is 43.0 Å². The van der Waals surface area contributed by atoms with E-state index in [1.54, 1.807) is 6.08 Å². The van der Waals surface area contributed by atoms with E-state index >= 15 is 0 Å². The second kappa shape index (κ2) is 5.57. The highest BCUT2D eigenvalue weighted by molar-refractivity contribution is 5.79. The summed E-state index contributed by atoms with van der Waals surface area (Å²) in [7, 11) is 0. The Morgan fingerprint density at radius 3 is 2.74 bits per heavy atom. The molecule has 1 unspecified atom stereocenters. The number of rotatable bonds is 5. The van der Waals surface area contributed by atoms with E-state index in [-0.39, 0.29) is 24.0 Å². The minimum Gasteiger partial charge on any atom is -0.368 e. The lowest BCUT2D eigenvalue weighted by Crippen LogP contribution is -2.58. The molecule has 0 bridgehead atoms. The van der Waals surface area contributed by atoms with Crippen LogP contribution in [0.5, 0.6) is 0 Å². The summed E-state index contributed by atoms with van der Waals surface area (Å²) < 4.78 is 5.24. The molecular formula is C16H21NO2. The van der Waals surface area contributed by atoms with Crippen molar-refractivity contribution in [3.63, 3.8) is 0 Å². The summed E-state index contributed by atoms with van der Waals surface area (Å²) in [4.78, 5) is 14.0. The molecular weight excluding hydrogens is 238 g/mol. The summed E-state index contributed by atoms with van der Waals surface area (Å²) in [5, 5.41) is 0. The van der Waals surface area contributed by atoms with E-state index in [0.717, 1.165) is 6.54 Å². The fraction of sp³-hybridized carbons (Fsp3) is 0.438. The lowest BCUT2D eigenvalue weighted by molar-refractivity contribution is -0.156. The van der Waals surface area contributed by atoms with Crippen molar-refractivity contribution in [1.82, 2.24) is 4.90 Å². The first kappa shape index (κ1) is 13.8. The summed E-state index contributed by atoms with van der Waals surface area (Å²) in [6.07, 6.45) is 1.65. The van der Waals surface area contributed by atoms with Gasteiger partial charge in [-0.1, -0.05) is 50.3 Å². The molecule has 2 rings (SSSR count). The fourth-order valence-electron chi connectivity index (χ4n) is 2.74. The van der Waals surface area contributed by atoms with Crippen LogP contribution in [0.2, 0.25) is 0 Å². The molecule has 1 aliphatic rings. The van der Waals surface area contributed by atoms with Crippen LogP contribution in [0, 0.1) is 5.41 Å². The molecule has 0 saturated carbocycles. The second-order valence-corrected chi connectivity index (χ2v) is 5.63. The Hall–Kier alpha value is -1.61. The number of amides is 1. The van der Waals surface area contributed by atoms with Crippen molar-refractivity contribution in [1.29, 1.82) is 0 Å². The maximum atomic E-state index is 12.1. The van der Waals surface area contributed by atoms with Gasteiger partial charge in [0.2, 0.25) is 5.91 Å². The molecule has 1 aromatic rings. The molecule has 3 nitrogen and oxygen atoms in total. The van der Waals surface area contributed by atoms with Gasteiger partial charge in [-0.25, -0.2) is 0 Å². The quantitative estimate of drug-likeness (QED) is 0.601. The van der Waals surface area contributed by atoms with Gasteiger partial charge in [-0.15, -0.1) is 6.58 Å². The zero-order chi connectivity index (χ0) is 13.9. The lowest BCUT2D eigenvalue weighted by Gasteiger charge is -2.54. The van der Waals surface area contributed by atoms with Crippen molar-refractivity contribution in [2.24, 2.45) is 5.41 Å². The van der Waals surface area contributed by atoms with Gasteiger partial charge in [-0.2, -0.15) is 0 Å². The summed E-state index contributed by atoms with van der Waals surface area (Å²) in [6.45, 7) is 9.29. The fourth-order valence-corrected chi connectivity index (χ4v) is 2.74. The number of nitrogens with zero attached hydrogens (tertiary/aromatic N) is 1. The van der Waals surface area contributed by atoms with E-state index in [9.17, 15) is 4.79 Å². The number of benzene rings is 1. The van der Waals surface area contributed by atoms with Crippen molar-refractivity contribution in [2.45, 2.75) is 19.9 Å². The summed E-state index contributed by atoms with van der Waals surface area (Å²) >= 11 is 0. The van der Waals surface area contributed by atoms with Crippen LogP contribution in [0.4, 0.5) is 0 Å². The first-order valence-electron chi connectivity index (χ1n) is 6.59. The predicted molar refractivity (Wildman–Crippen MR) is 75.7 cm³/mol. The van der Waals surface area contributed by atoms with E-state index in [2.05, 4.69) is 32.6 Å². The van der Waals surface area contributed by atoms with Crippen LogP contribution < -0.4 is 0 Å². The van der Waals surface area contributed by atoms with Crippen molar-refractivity contribution < 1.29 is 9.53 Å². The lowest BCUT2D eigenvalue weighted by atomic mass is 9.71. The van der Waals surface area contributed by atoms with Gasteiger partial charge in [0, 0.05) is 12.0 Å². The zero-order valence-corrected chi connectivity index (χ0v) is 11.6. The van der Waals surface area contributed by atoms with Gasteiger partial charge < -0.3 is 9.64 Å². The predicted octanol–water partition coefficient (Wildman–Crippen LogP) is 2.80. The number of likely N-dealkylation sites (tertiary alicyclic amines) is 1. The van der Waals surface area contributed by atoms with Gasteiger partial charge in [-0.3, -0.25) is 4.79 Å². The SMILES string of the molecule is C=CCOCC(=O)N1CC(C)(C)C1c1ccccc1. The molecule has 19 heavy (non-hydrogen) atoms. The van der Waals surface area contributed by atoms with Gasteiger partial charge in [0.25, 0.3) is 0 Å². The average Bonchev–Trinajstić information content (AvgIpc) is 2.37. The molecule has 1 aliphatic heterocycles. The number of hydrogen-bond acceptors (Lipinski definition) is 2. The van der Waals surface area contributed by atoms with E-state index in [0.29, 0.717) is 6.61 Å². The smallest absolute Gasteiger partial charge is 0.249 e. The summed E-state index contributed by atoms with van der Waals surface area (Å²) in [6, 6.07) is 10.3. The molecule has 1 fully saturated rings. The molecule has 1 amide bonds. The zero-order valence-electron chi connectivity index (χ0n) is 11.6. The molecule has 1 aromatic carbocycles. The monoisotopic (exact) mass is 259 g/mol. The molecule has 0 aromatic heterocycles. The normalized spacial score (nSPS) is 20.7. The van der Waals surface area contributed by atoms with Gasteiger partial charge in [0.05, 0.1) is 12.6 Å². The molecule has 1 saturated heterocycles. The largest absolute Gasteiger partial charge is 0.368 e. The van der Waals surface area contributed by atoms with Crippen molar-refractivity contribution in [3.05, 3.63) is 48.6 Å². The van der Waals surface area contributed by atoms with Gasteiger partial charge in [0.15, 0.2) is 0 Å². The van der Waals surface area contributed by atoms with Crippen LogP contribution in [0.25, 0.3) is 0 Å². The summed E-state index contributed by atoms with van der Waals surface area (Å²) in [5.74, 6) is 0.0510. The standard InChI is InChI=1S/C16H21NO2/c1-4-10-19-11-14(18)17-12-16(2,3)15(17)13-8-6-5-7-9-13/h4-9,15H,1,10-12H2,2-3H3. The molecule has 1 heterocycles. The Labute approximate surface area is 114 Å². The number of hydrogen-bond donors (Lipinski definition) is 0. The third kappa shape index (κ3) is 2.87. The first-order valence-corrected chi connectivity index (χ1v) is 6.59. The Bertz CT molecular complexity index is 453. The highest BCUT2D eigenvalue weighted by Crippen LogP contribution is 2.48. The van der Waals surface area contributed by atoms with E-state index in [1.165, 1.54) is 5.56 Å². The molecule has 1 atom stereocenters. The second-order valence-electron chi connectivity index (χ2n) is 5.63.